The minimum atomic E-state index is 0.128. The lowest BCUT2D eigenvalue weighted by molar-refractivity contribution is 0.101. The van der Waals surface area contributed by atoms with Gasteiger partial charge in [-0.3, -0.25) is 4.79 Å². The second-order valence-corrected chi connectivity index (χ2v) is 7.46. The number of carbonyl (C=O) groups is 1. The molecule has 2 unspecified atom stereocenters. The van der Waals surface area contributed by atoms with Gasteiger partial charge in [0.05, 0.1) is 0 Å². The van der Waals surface area contributed by atoms with Crippen LogP contribution in [0.2, 0.25) is 0 Å². The molecule has 1 aliphatic rings. The molecular weight excluding hydrogens is 316 g/mol. The molecule has 1 nitrogen and oxygen atoms in total. The fraction of sp³-hybridized carbons (Fsp3) is 0.320. The van der Waals surface area contributed by atoms with Crippen molar-refractivity contribution < 1.29 is 4.79 Å². The van der Waals surface area contributed by atoms with Crippen molar-refractivity contribution in [2.75, 3.05) is 0 Å². The Labute approximate surface area is 157 Å². The molecule has 0 amide bonds. The Kier molecular flexibility index (Phi) is 5.56. The largest absolute Gasteiger partial charge is 0.295 e. The van der Waals surface area contributed by atoms with Crippen LogP contribution in [0.25, 0.3) is 11.6 Å². The van der Waals surface area contributed by atoms with Crippen LogP contribution in [-0.2, 0) is 0 Å². The van der Waals surface area contributed by atoms with Crippen molar-refractivity contribution in [2.45, 2.75) is 46.0 Å². The van der Waals surface area contributed by atoms with Gasteiger partial charge in [-0.15, -0.1) is 0 Å². The summed E-state index contributed by atoms with van der Waals surface area (Å²) in [5.41, 5.74) is 7.29. The van der Waals surface area contributed by atoms with Gasteiger partial charge in [-0.25, -0.2) is 0 Å². The molecular formula is C25H28O. The van der Waals surface area contributed by atoms with Gasteiger partial charge >= 0.3 is 0 Å². The molecule has 2 aromatic rings. The third-order valence-corrected chi connectivity index (χ3v) is 5.52. The highest BCUT2D eigenvalue weighted by Gasteiger charge is 2.28. The van der Waals surface area contributed by atoms with Gasteiger partial charge in [0.2, 0.25) is 0 Å². The summed E-state index contributed by atoms with van der Waals surface area (Å²) in [5.74, 6) is 0.900. The normalized spacial score (nSPS) is 16.7. The molecule has 3 rings (SSSR count). The standard InChI is InChI=1S/C25H28O/c1-5-9-17(2)18(3)14-25-23(20-10-7-6-8-11-20)16-22-13-12-21(19(4)26)15-24(22)25/h6-8,10-13,15-16,18,25H,2,5,9,14H2,1,3-4H3. The van der Waals surface area contributed by atoms with E-state index in [9.17, 15) is 4.79 Å². The van der Waals surface area contributed by atoms with Crippen LogP contribution < -0.4 is 0 Å². The quantitative estimate of drug-likeness (QED) is 0.394. The molecule has 0 N–H and O–H groups in total. The molecule has 26 heavy (non-hydrogen) atoms. The van der Waals surface area contributed by atoms with Crippen LogP contribution in [0.3, 0.4) is 0 Å². The number of ketones is 1. The summed E-state index contributed by atoms with van der Waals surface area (Å²) < 4.78 is 0. The molecule has 0 radical (unpaired) electrons. The SMILES string of the molecule is C=C(CCC)C(C)CC1C(c2ccccc2)=Cc2ccc(C(C)=O)cc21. The Morgan fingerprint density at radius 3 is 2.54 bits per heavy atom. The summed E-state index contributed by atoms with van der Waals surface area (Å²) in [7, 11) is 0. The van der Waals surface area contributed by atoms with E-state index in [0.29, 0.717) is 11.8 Å². The van der Waals surface area contributed by atoms with Crippen molar-refractivity contribution in [3.8, 4) is 0 Å². The molecule has 0 aliphatic heterocycles. The second-order valence-electron chi connectivity index (χ2n) is 7.46. The van der Waals surface area contributed by atoms with Crippen molar-refractivity contribution in [3.05, 3.63) is 82.9 Å². The van der Waals surface area contributed by atoms with E-state index in [1.807, 2.05) is 6.07 Å². The smallest absolute Gasteiger partial charge is 0.159 e. The van der Waals surface area contributed by atoms with E-state index in [-0.39, 0.29) is 5.78 Å². The summed E-state index contributed by atoms with van der Waals surface area (Å²) in [4.78, 5) is 11.9. The van der Waals surface area contributed by atoms with Crippen LogP contribution in [-0.4, -0.2) is 5.78 Å². The van der Waals surface area contributed by atoms with E-state index in [0.717, 1.165) is 24.8 Å². The highest BCUT2D eigenvalue weighted by atomic mass is 16.1. The first-order valence-electron chi connectivity index (χ1n) is 9.60. The molecule has 0 fully saturated rings. The van der Waals surface area contributed by atoms with Crippen molar-refractivity contribution in [3.63, 3.8) is 0 Å². The third kappa shape index (κ3) is 3.72. The molecule has 2 atom stereocenters. The van der Waals surface area contributed by atoms with Crippen LogP contribution in [0, 0.1) is 5.92 Å². The van der Waals surface area contributed by atoms with Gasteiger partial charge in [0.1, 0.15) is 0 Å². The maximum Gasteiger partial charge on any atom is 0.159 e. The zero-order chi connectivity index (χ0) is 18.7. The number of Topliss-reactive ketones (excluding diaryl/α,β-unsaturated/α-hetero) is 1. The van der Waals surface area contributed by atoms with E-state index in [2.05, 4.69) is 69.0 Å². The Morgan fingerprint density at radius 1 is 1.15 bits per heavy atom. The first-order valence-corrected chi connectivity index (χ1v) is 9.60. The van der Waals surface area contributed by atoms with E-state index in [1.54, 1.807) is 6.92 Å². The predicted molar refractivity (Wildman–Crippen MR) is 111 cm³/mol. The third-order valence-electron chi connectivity index (χ3n) is 5.52. The van der Waals surface area contributed by atoms with Crippen LogP contribution in [0.4, 0.5) is 0 Å². The van der Waals surface area contributed by atoms with Gasteiger partial charge in [-0.1, -0.05) is 81.0 Å². The van der Waals surface area contributed by atoms with Crippen LogP contribution in [0.5, 0.6) is 0 Å². The van der Waals surface area contributed by atoms with Gasteiger partial charge in [-0.05, 0) is 54.0 Å². The Bertz CT molecular complexity index is 842. The maximum atomic E-state index is 11.9. The average Bonchev–Trinajstić information content (AvgIpc) is 3.00. The number of carbonyl (C=O) groups excluding carboxylic acids is 1. The Balaban J connectivity index is 1.99. The van der Waals surface area contributed by atoms with Crippen molar-refractivity contribution >= 4 is 17.4 Å². The Hall–Kier alpha value is -2.41. The van der Waals surface area contributed by atoms with Crippen LogP contribution in [0.15, 0.2) is 60.7 Å². The molecule has 0 aromatic heterocycles. The summed E-state index contributed by atoms with van der Waals surface area (Å²) in [6.45, 7) is 10.4. The number of hydrogen-bond acceptors (Lipinski definition) is 1. The fourth-order valence-electron chi connectivity index (χ4n) is 3.92. The monoisotopic (exact) mass is 344 g/mol. The molecule has 2 aromatic carbocycles. The van der Waals surface area contributed by atoms with Crippen LogP contribution >= 0.6 is 0 Å². The number of benzene rings is 2. The van der Waals surface area contributed by atoms with E-state index >= 15 is 0 Å². The van der Waals surface area contributed by atoms with Gasteiger partial charge in [-0.2, -0.15) is 0 Å². The fourth-order valence-corrected chi connectivity index (χ4v) is 3.92. The van der Waals surface area contributed by atoms with Gasteiger partial charge in [0, 0.05) is 11.5 Å². The summed E-state index contributed by atoms with van der Waals surface area (Å²) in [6, 6.07) is 16.8. The lowest BCUT2D eigenvalue weighted by atomic mass is 9.81. The molecule has 0 spiro atoms. The number of allylic oxidation sites excluding steroid dienone is 2. The summed E-state index contributed by atoms with van der Waals surface area (Å²) in [5, 5.41) is 0. The second kappa shape index (κ2) is 7.86. The minimum Gasteiger partial charge on any atom is -0.295 e. The van der Waals surface area contributed by atoms with Crippen LogP contribution in [0.1, 0.15) is 73.0 Å². The molecule has 1 aliphatic carbocycles. The number of hydrogen-bond donors (Lipinski definition) is 0. The van der Waals surface area contributed by atoms with E-state index < -0.39 is 0 Å². The zero-order valence-electron chi connectivity index (χ0n) is 16.1. The molecule has 0 saturated heterocycles. The average molecular weight is 344 g/mol. The maximum absolute atomic E-state index is 11.9. The number of fused-ring (bicyclic) bond motifs is 1. The van der Waals surface area contributed by atoms with E-state index in [4.69, 9.17) is 0 Å². The van der Waals surface area contributed by atoms with Gasteiger partial charge < -0.3 is 0 Å². The zero-order valence-corrected chi connectivity index (χ0v) is 16.1. The number of rotatable bonds is 7. The van der Waals surface area contributed by atoms with Gasteiger partial charge in [0.25, 0.3) is 0 Å². The van der Waals surface area contributed by atoms with E-state index in [1.165, 1.54) is 27.8 Å². The lowest BCUT2D eigenvalue weighted by Crippen LogP contribution is -2.08. The molecule has 0 bridgehead atoms. The first-order chi connectivity index (χ1) is 12.5. The topological polar surface area (TPSA) is 17.1 Å². The Morgan fingerprint density at radius 2 is 1.88 bits per heavy atom. The van der Waals surface area contributed by atoms with Crippen molar-refractivity contribution in [2.24, 2.45) is 5.92 Å². The summed E-state index contributed by atoms with van der Waals surface area (Å²) in [6.07, 6.45) is 5.56. The molecule has 1 heteroatoms. The van der Waals surface area contributed by atoms with Crippen molar-refractivity contribution in [1.82, 2.24) is 0 Å². The first kappa shape index (κ1) is 18.4. The molecule has 0 heterocycles. The molecule has 0 saturated carbocycles. The van der Waals surface area contributed by atoms with Gasteiger partial charge in [0.15, 0.2) is 5.78 Å². The highest BCUT2D eigenvalue weighted by molar-refractivity contribution is 5.97. The summed E-state index contributed by atoms with van der Waals surface area (Å²) >= 11 is 0. The highest BCUT2D eigenvalue weighted by Crippen LogP contribution is 2.46. The predicted octanol–water partition coefficient (Wildman–Crippen LogP) is 6.91. The molecule has 134 valence electrons. The van der Waals surface area contributed by atoms with Crippen molar-refractivity contribution in [1.29, 1.82) is 0 Å². The minimum absolute atomic E-state index is 0.128. The lowest BCUT2D eigenvalue weighted by Gasteiger charge is -2.23.